The van der Waals surface area contributed by atoms with Crippen molar-refractivity contribution in [2.75, 3.05) is 6.61 Å². The molecule has 2 aromatic carbocycles. The van der Waals surface area contributed by atoms with Crippen molar-refractivity contribution in [2.24, 2.45) is 0 Å². The molecule has 3 aromatic rings. The molecule has 26 heavy (non-hydrogen) atoms. The Labute approximate surface area is 150 Å². The van der Waals surface area contributed by atoms with Crippen LogP contribution in [0, 0.1) is 0 Å². The monoisotopic (exact) mass is 347 g/mol. The molecule has 0 N–H and O–H groups in total. The van der Waals surface area contributed by atoms with E-state index in [9.17, 15) is 14.7 Å². The summed E-state index contributed by atoms with van der Waals surface area (Å²) in [6, 6.07) is 15.9. The molecule has 0 aliphatic carbocycles. The predicted molar refractivity (Wildman–Crippen MR) is 93.9 cm³/mol. The Bertz CT molecular complexity index is 928. The third-order valence-corrected chi connectivity index (χ3v) is 3.55. The van der Waals surface area contributed by atoms with Gasteiger partial charge in [0, 0.05) is 17.3 Å². The first kappa shape index (κ1) is 17.2. The highest BCUT2D eigenvalue weighted by atomic mass is 16.5. The maximum atomic E-state index is 12.2. The number of carbonyl (C=O) groups excluding carboxylic acids is 2. The van der Waals surface area contributed by atoms with Crippen LogP contribution in [0.3, 0.4) is 0 Å². The van der Waals surface area contributed by atoms with Crippen molar-refractivity contribution in [1.82, 2.24) is 9.78 Å². The van der Waals surface area contributed by atoms with Gasteiger partial charge in [0.15, 0.2) is 5.78 Å². The first-order valence-corrected chi connectivity index (χ1v) is 7.87. The average molecular weight is 347 g/mol. The summed E-state index contributed by atoms with van der Waals surface area (Å²) in [6.45, 7) is -0.529. The summed E-state index contributed by atoms with van der Waals surface area (Å²) in [6.07, 6.45) is 6.66. The van der Waals surface area contributed by atoms with Gasteiger partial charge < -0.3 is 14.6 Å². The van der Waals surface area contributed by atoms with Gasteiger partial charge in [-0.15, -0.1) is 0 Å². The molecule has 0 unspecified atom stereocenters. The number of allylic oxidation sites excluding steroid dienone is 1. The summed E-state index contributed by atoms with van der Waals surface area (Å²) in [4.78, 5) is 22.6. The molecule has 6 nitrogen and oxygen atoms in total. The van der Waals surface area contributed by atoms with Gasteiger partial charge in [-0.2, -0.15) is 5.10 Å². The highest BCUT2D eigenvalue weighted by Crippen LogP contribution is 2.14. The zero-order valence-electron chi connectivity index (χ0n) is 13.7. The number of carbonyl (C=O) groups is 2. The molecule has 0 spiro atoms. The van der Waals surface area contributed by atoms with E-state index >= 15 is 0 Å². The van der Waals surface area contributed by atoms with Gasteiger partial charge in [-0.1, -0.05) is 18.2 Å². The Morgan fingerprint density at radius 3 is 2.50 bits per heavy atom. The molecule has 3 rings (SSSR count). The number of aliphatic carboxylic acids is 1. The third-order valence-electron chi connectivity index (χ3n) is 3.55. The van der Waals surface area contributed by atoms with Gasteiger partial charge in [0.25, 0.3) is 0 Å². The molecular weight excluding hydrogens is 332 g/mol. The third kappa shape index (κ3) is 4.45. The molecule has 6 heteroatoms. The number of para-hydroxylation sites is 1. The molecule has 0 aliphatic rings. The van der Waals surface area contributed by atoms with Gasteiger partial charge in [0.1, 0.15) is 12.4 Å². The summed E-state index contributed by atoms with van der Waals surface area (Å²) >= 11 is 0. The minimum Gasteiger partial charge on any atom is -0.546 e. The quantitative estimate of drug-likeness (QED) is 0.481. The number of hydrogen-bond donors (Lipinski definition) is 0. The second-order valence-electron chi connectivity index (χ2n) is 5.44. The first-order chi connectivity index (χ1) is 12.6. The van der Waals surface area contributed by atoms with Crippen molar-refractivity contribution in [1.29, 1.82) is 0 Å². The number of ether oxygens (including phenoxy) is 1. The van der Waals surface area contributed by atoms with Crippen LogP contribution in [0.2, 0.25) is 0 Å². The second kappa shape index (κ2) is 7.94. The fraction of sp³-hybridized carbons (Fsp3) is 0.0500. The van der Waals surface area contributed by atoms with E-state index in [-0.39, 0.29) is 5.78 Å². The van der Waals surface area contributed by atoms with E-state index in [4.69, 9.17) is 4.74 Å². The van der Waals surface area contributed by atoms with Crippen molar-refractivity contribution >= 4 is 17.8 Å². The fourth-order valence-corrected chi connectivity index (χ4v) is 2.27. The van der Waals surface area contributed by atoms with Gasteiger partial charge in [0.05, 0.1) is 17.9 Å². The summed E-state index contributed by atoms with van der Waals surface area (Å²) < 4.78 is 6.70. The van der Waals surface area contributed by atoms with E-state index < -0.39 is 12.6 Å². The second-order valence-corrected chi connectivity index (χ2v) is 5.44. The predicted octanol–water partition coefficient (Wildman–Crippen LogP) is 1.90. The number of rotatable bonds is 7. The molecule has 130 valence electrons. The molecule has 1 heterocycles. The molecule has 0 aliphatic heterocycles. The lowest BCUT2D eigenvalue weighted by molar-refractivity contribution is -0.307. The lowest BCUT2D eigenvalue weighted by atomic mass is 10.1. The van der Waals surface area contributed by atoms with Crippen LogP contribution < -0.4 is 9.84 Å². The number of carboxylic acid groups (broad SMARTS) is 1. The zero-order chi connectivity index (χ0) is 18.4. The number of nitrogens with zero attached hydrogens (tertiary/aromatic N) is 2. The molecular formula is C20H15N2O4-. The van der Waals surface area contributed by atoms with E-state index in [0.29, 0.717) is 11.3 Å². The topological polar surface area (TPSA) is 84.2 Å². The Hall–Kier alpha value is -3.67. The van der Waals surface area contributed by atoms with Crippen LogP contribution in [0.4, 0.5) is 0 Å². The van der Waals surface area contributed by atoms with Gasteiger partial charge in [-0.05, 0) is 48.6 Å². The maximum absolute atomic E-state index is 12.2. The van der Waals surface area contributed by atoms with E-state index in [2.05, 4.69) is 5.10 Å². The summed E-state index contributed by atoms with van der Waals surface area (Å²) in [7, 11) is 0. The lowest BCUT2D eigenvalue weighted by Gasteiger charge is -2.06. The van der Waals surface area contributed by atoms with Crippen molar-refractivity contribution in [3.05, 3.63) is 84.2 Å². The Morgan fingerprint density at radius 2 is 1.81 bits per heavy atom. The largest absolute Gasteiger partial charge is 0.546 e. The first-order valence-electron chi connectivity index (χ1n) is 7.87. The van der Waals surface area contributed by atoms with Crippen LogP contribution in [-0.4, -0.2) is 28.1 Å². The molecule has 1 aromatic heterocycles. The normalized spacial score (nSPS) is 10.8. The fourth-order valence-electron chi connectivity index (χ4n) is 2.27. The number of hydrogen-bond acceptors (Lipinski definition) is 5. The molecule has 0 bridgehead atoms. The van der Waals surface area contributed by atoms with Crippen LogP contribution in [-0.2, 0) is 4.79 Å². The Morgan fingerprint density at radius 1 is 1.08 bits per heavy atom. The van der Waals surface area contributed by atoms with E-state index in [0.717, 1.165) is 11.3 Å². The van der Waals surface area contributed by atoms with Gasteiger partial charge in [-0.3, -0.25) is 4.79 Å². The number of benzene rings is 2. The van der Waals surface area contributed by atoms with Crippen LogP contribution in [0.25, 0.3) is 11.8 Å². The molecule has 0 saturated heterocycles. The van der Waals surface area contributed by atoms with Gasteiger partial charge in [0.2, 0.25) is 0 Å². The molecule has 0 saturated carbocycles. The van der Waals surface area contributed by atoms with Crippen molar-refractivity contribution in [2.45, 2.75) is 0 Å². The van der Waals surface area contributed by atoms with Crippen LogP contribution in [0.5, 0.6) is 5.75 Å². The van der Waals surface area contributed by atoms with Gasteiger partial charge >= 0.3 is 0 Å². The lowest BCUT2D eigenvalue weighted by Crippen LogP contribution is -2.28. The highest BCUT2D eigenvalue weighted by Gasteiger charge is 2.03. The Kier molecular flexibility index (Phi) is 5.24. The Balaban J connectivity index is 1.64. The van der Waals surface area contributed by atoms with Crippen LogP contribution >= 0.6 is 0 Å². The molecule has 0 fully saturated rings. The molecule has 0 atom stereocenters. The van der Waals surface area contributed by atoms with Crippen LogP contribution in [0.1, 0.15) is 15.9 Å². The summed E-state index contributed by atoms with van der Waals surface area (Å²) in [5, 5.41) is 14.6. The summed E-state index contributed by atoms with van der Waals surface area (Å²) in [5.74, 6) is -1.12. The van der Waals surface area contributed by atoms with Gasteiger partial charge in [-0.25, -0.2) is 4.68 Å². The molecule has 0 radical (unpaired) electrons. The minimum atomic E-state index is -1.30. The van der Waals surface area contributed by atoms with E-state index in [1.807, 2.05) is 36.5 Å². The standard InChI is InChI=1S/C20H16N2O4/c23-19(16-7-9-18(10-8-16)26-14-20(24)25)11-6-15-12-21-22(13-15)17-4-2-1-3-5-17/h1-13H,14H2,(H,24,25)/p-1/b11-6+. The van der Waals surface area contributed by atoms with Crippen molar-refractivity contribution < 1.29 is 19.4 Å². The average Bonchev–Trinajstić information content (AvgIpc) is 3.14. The van der Waals surface area contributed by atoms with Crippen LogP contribution in [0.15, 0.2) is 73.1 Å². The number of ketones is 1. The smallest absolute Gasteiger partial charge is 0.185 e. The SMILES string of the molecule is O=C([O-])COc1ccc(C(=O)/C=C/c2cnn(-c3ccccc3)c2)cc1. The zero-order valence-corrected chi connectivity index (χ0v) is 13.7. The maximum Gasteiger partial charge on any atom is 0.185 e. The number of aromatic nitrogens is 2. The molecule has 0 amide bonds. The number of carboxylic acids is 1. The van der Waals surface area contributed by atoms with E-state index in [1.165, 1.54) is 18.2 Å². The summed E-state index contributed by atoms with van der Waals surface area (Å²) in [5.41, 5.74) is 2.21. The highest BCUT2D eigenvalue weighted by molar-refractivity contribution is 6.06. The van der Waals surface area contributed by atoms with Crippen molar-refractivity contribution in [3.63, 3.8) is 0 Å². The van der Waals surface area contributed by atoms with E-state index in [1.54, 1.807) is 29.1 Å². The van der Waals surface area contributed by atoms with Crippen molar-refractivity contribution in [3.8, 4) is 11.4 Å². The minimum absolute atomic E-state index is 0.177.